The van der Waals surface area contributed by atoms with E-state index in [-0.39, 0.29) is 18.9 Å². The number of hydrogen-bond donors (Lipinski definition) is 3. The van der Waals surface area contributed by atoms with Gasteiger partial charge in [-0.15, -0.1) is 0 Å². The molecule has 2 atom stereocenters. The number of aromatic nitrogens is 2. The van der Waals surface area contributed by atoms with Gasteiger partial charge in [0, 0.05) is 0 Å². The van der Waals surface area contributed by atoms with Gasteiger partial charge in [0.15, 0.2) is 0 Å². The Kier molecular flexibility index (Phi) is 4.40. The predicted molar refractivity (Wildman–Crippen MR) is 76.5 cm³/mol. The highest BCUT2D eigenvalue weighted by atomic mass is 127. The third kappa shape index (κ3) is 2.59. The SMILES string of the molecule is NC(=NCI)c1ncn([C@H]2CC[C@@H](CO)O2)c1N. The number of halogens is 1. The summed E-state index contributed by atoms with van der Waals surface area (Å²) in [4.78, 5) is 8.24. The lowest BCUT2D eigenvalue weighted by Crippen LogP contribution is -2.18. The van der Waals surface area contributed by atoms with Crippen molar-refractivity contribution in [3.63, 3.8) is 0 Å². The van der Waals surface area contributed by atoms with Crippen LogP contribution in [-0.4, -0.2) is 37.8 Å². The molecule has 1 aliphatic rings. The van der Waals surface area contributed by atoms with Crippen molar-refractivity contribution in [2.45, 2.75) is 25.2 Å². The average molecular weight is 365 g/mol. The second-order valence-electron chi connectivity index (χ2n) is 4.02. The van der Waals surface area contributed by atoms with Crippen LogP contribution < -0.4 is 11.5 Å². The molecule has 0 amide bonds. The van der Waals surface area contributed by atoms with Gasteiger partial charge in [-0.05, 0) is 12.8 Å². The van der Waals surface area contributed by atoms with Gasteiger partial charge in [0.1, 0.15) is 23.6 Å². The van der Waals surface area contributed by atoms with E-state index in [9.17, 15) is 0 Å². The number of nitrogen functional groups attached to an aromatic ring is 1. The van der Waals surface area contributed by atoms with Crippen LogP contribution >= 0.6 is 22.6 Å². The summed E-state index contributed by atoms with van der Waals surface area (Å²) in [6, 6.07) is 0. The van der Waals surface area contributed by atoms with Crippen molar-refractivity contribution in [1.29, 1.82) is 0 Å². The predicted octanol–water partition coefficient (Wildman–Crippen LogP) is 0.233. The summed E-state index contributed by atoms with van der Waals surface area (Å²) in [6.07, 6.45) is 2.90. The second-order valence-corrected chi connectivity index (χ2v) is 4.70. The van der Waals surface area contributed by atoms with Crippen molar-refractivity contribution >= 4 is 34.2 Å². The van der Waals surface area contributed by atoms with Crippen molar-refractivity contribution in [1.82, 2.24) is 9.55 Å². The highest BCUT2D eigenvalue weighted by Gasteiger charge is 2.28. The number of alkyl halides is 1. The molecular formula is C10H16IN5O2. The van der Waals surface area contributed by atoms with Crippen molar-refractivity contribution in [2.24, 2.45) is 10.7 Å². The van der Waals surface area contributed by atoms with E-state index in [0.29, 0.717) is 21.9 Å². The van der Waals surface area contributed by atoms with E-state index in [0.717, 1.165) is 12.8 Å². The highest BCUT2D eigenvalue weighted by molar-refractivity contribution is 14.1. The average Bonchev–Trinajstić information content (AvgIpc) is 2.95. The van der Waals surface area contributed by atoms with Crippen LogP contribution in [-0.2, 0) is 4.74 Å². The van der Waals surface area contributed by atoms with E-state index in [1.807, 2.05) is 0 Å². The molecule has 100 valence electrons. The van der Waals surface area contributed by atoms with Gasteiger partial charge < -0.3 is 21.3 Å². The fraction of sp³-hybridized carbons (Fsp3) is 0.600. The van der Waals surface area contributed by atoms with Crippen LogP contribution in [0.2, 0.25) is 0 Å². The minimum absolute atomic E-state index is 0.0242. The van der Waals surface area contributed by atoms with E-state index in [4.69, 9.17) is 21.3 Å². The van der Waals surface area contributed by atoms with Gasteiger partial charge in [-0.3, -0.25) is 9.56 Å². The number of rotatable bonds is 4. The van der Waals surface area contributed by atoms with Gasteiger partial charge >= 0.3 is 0 Å². The number of nitrogens with zero attached hydrogens (tertiary/aromatic N) is 3. The molecule has 7 nitrogen and oxygen atoms in total. The first-order valence-corrected chi connectivity index (χ1v) is 7.14. The molecule has 1 saturated heterocycles. The number of aliphatic imine (C=N–C) groups is 1. The van der Waals surface area contributed by atoms with Gasteiger partial charge in [-0.2, -0.15) is 0 Å². The van der Waals surface area contributed by atoms with Crippen LogP contribution in [0.15, 0.2) is 11.3 Å². The Bertz CT molecular complexity index is 447. The monoisotopic (exact) mass is 365 g/mol. The summed E-state index contributed by atoms with van der Waals surface area (Å²) in [7, 11) is 0. The number of aliphatic hydroxyl groups excluding tert-OH is 1. The number of imidazole rings is 1. The topological polar surface area (TPSA) is 112 Å². The maximum atomic E-state index is 9.04. The molecule has 0 spiro atoms. The second kappa shape index (κ2) is 5.85. The Labute approximate surface area is 118 Å². The third-order valence-corrected chi connectivity index (χ3v) is 3.24. The summed E-state index contributed by atoms with van der Waals surface area (Å²) in [5.41, 5.74) is 12.3. The molecule has 0 saturated carbocycles. The minimum Gasteiger partial charge on any atom is -0.394 e. The molecule has 0 bridgehead atoms. The van der Waals surface area contributed by atoms with Crippen molar-refractivity contribution in [3.8, 4) is 0 Å². The molecule has 1 aromatic rings. The first kappa shape index (κ1) is 13.6. The number of ether oxygens (including phenoxy) is 1. The molecule has 0 radical (unpaired) electrons. The summed E-state index contributed by atoms with van der Waals surface area (Å²) >= 11 is 2.10. The fourth-order valence-electron chi connectivity index (χ4n) is 1.96. The molecule has 0 aliphatic carbocycles. The van der Waals surface area contributed by atoms with Crippen LogP contribution in [0.1, 0.15) is 24.8 Å². The number of anilines is 1. The summed E-state index contributed by atoms with van der Waals surface area (Å²) in [6.45, 7) is 0.0242. The van der Waals surface area contributed by atoms with Crippen LogP contribution in [0.5, 0.6) is 0 Å². The van der Waals surface area contributed by atoms with Gasteiger partial charge in [0.25, 0.3) is 0 Å². The Hall–Kier alpha value is -0.870. The number of hydrogen-bond acceptors (Lipinski definition) is 5. The lowest BCUT2D eigenvalue weighted by Gasteiger charge is -2.14. The molecule has 1 aliphatic heterocycles. The van der Waals surface area contributed by atoms with Gasteiger partial charge in [-0.25, -0.2) is 4.98 Å². The third-order valence-electron chi connectivity index (χ3n) is 2.90. The zero-order chi connectivity index (χ0) is 13.1. The van der Waals surface area contributed by atoms with E-state index < -0.39 is 0 Å². The molecule has 5 N–H and O–H groups in total. The quantitative estimate of drug-likeness (QED) is 0.233. The van der Waals surface area contributed by atoms with Crippen molar-refractivity contribution in [2.75, 3.05) is 16.9 Å². The van der Waals surface area contributed by atoms with E-state index in [1.54, 1.807) is 10.9 Å². The Morgan fingerprint density at radius 1 is 1.67 bits per heavy atom. The van der Waals surface area contributed by atoms with E-state index in [2.05, 4.69) is 32.6 Å². The van der Waals surface area contributed by atoms with Crippen LogP contribution in [0, 0.1) is 0 Å². The molecule has 0 unspecified atom stereocenters. The molecule has 1 aromatic heterocycles. The van der Waals surface area contributed by atoms with Gasteiger partial charge in [0.05, 0.1) is 23.6 Å². The summed E-state index contributed by atoms with van der Waals surface area (Å²) in [5, 5.41) is 9.04. The molecule has 1 fully saturated rings. The normalized spacial score (nSPS) is 24.7. The Morgan fingerprint density at radius 3 is 3.06 bits per heavy atom. The first-order valence-electron chi connectivity index (χ1n) is 5.62. The Morgan fingerprint density at radius 2 is 2.44 bits per heavy atom. The van der Waals surface area contributed by atoms with Gasteiger partial charge in [0.2, 0.25) is 0 Å². The number of nitrogens with two attached hydrogens (primary N) is 2. The molecular weight excluding hydrogens is 349 g/mol. The maximum Gasteiger partial charge on any atom is 0.149 e. The number of aliphatic hydroxyl groups is 1. The van der Waals surface area contributed by atoms with Crippen LogP contribution in [0.25, 0.3) is 0 Å². The molecule has 2 heterocycles. The highest BCUT2D eigenvalue weighted by Crippen LogP contribution is 2.30. The molecule has 2 rings (SSSR count). The Balaban J connectivity index is 2.19. The van der Waals surface area contributed by atoms with Crippen molar-refractivity contribution < 1.29 is 9.84 Å². The lowest BCUT2D eigenvalue weighted by molar-refractivity contribution is -0.0213. The largest absolute Gasteiger partial charge is 0.394 e. The van der Waals surface area contributed by atoms with E-state index >= 15 is 0 Å². The smallest absolute Gasteiger partial charge is 0.149 e. The zero-order valence-electron chi connectivity index (χ0n) is 9.79. The minimum atomic E-state index is -0.184. The summed E-state index contributed by atoms with van der Waals surface area (Å²) in [5.74, 6) is 0.780. The standard InChI is InChI=1S/C10H16IN5O2/c11-4-14-9(12)8-10(13)16(5-15-8)7-2-1-6(3-17)18-7/h5-7,17H,1-4,13H2,(H2,12,14)/t6-,7+/m0/s1. The lowest BCUT2D eigenvalue weighted by atomic mass is 10.2. The maximum absolute atomic E-state index is 9.04. The first-order chi connectivity index (χ1) is 8.67. The molecule has 0 aromatic carbocycles. The number of amidine groups is 1. The zero-order valence-corrected chi connectivity index (χ0v) is 11.9. The van der Waals surface area contributed by atoms with E-state index in [1.165, 1.54) is 0 Å². The molecule has 8 heteroatoms. The van der Waals surface area contributed by atoms with Crippen molar-refractivity contribution in [3.05, 3.63) is 12.0 Å². The fourth-order valence-corrected chi connectivity index (χ4v) is 2.33. The summed E-state index contributed by atoms with van der Waals surface area (Å²) < 4.78 is 7.94. The van der Waals surface area contributed by atoms with Crippen LogP contribution in [0.3, 0.4) is 0 Å². The van der Waals surface area contributed by atoms with Gasteiger partial charge in [-0.1, -0.05) is 22.6 Å². The molecule has 18 heavy (non-hydrogen) atoms. The van der Waals surface area contributed by atoms with Crippen LogP contribution in [0.4, 0.5) is 5.82 Å².